The fraction of sp³-hybridized carbons (Fsp3) is 0.250. The lowest BCUT2D eigenvalue weighted by Gasteiger charge is -2.17. The molecule has 0 aromatic heterocycles. The summed E-state index contributed by atoms with van der Waals surface area (Å²) in [6.45, 7) is 1.86. The standard InChI is InChI=1S/C16H16N2O3/c1-10-8-12(18(20)21)3-7-15(10)17-16-6-2-11-9-13(19)4-5-14(11)16/h3-5,7-9,16-17,19H,2,6H2,1H3. The lowest BCUT2D eigenvalue weighted by atomic mass is 10.1. The Labute approximate surface area is 122 Å². The van der Waals surface area contributed by atoms with Gasteiger partial charge in [-0.05, 0) is 54.7 Å². The number of aromatic hydroxyl groups is 1. The monoisotopic (exact) mass is 284 g/mol. The number of fused-ring (bicyclic) bond motifs is 1. The number of anilines is 1. The number of rotatable bonds is 3. The largest absolute Gasteiger partial charge is 0.508 e. The molecule has 0 spiro atoms. The van der Waals surface area contributed by atoms with Gasteiger partial charge in [0.2, 0.25) is 0 Å². The summed E-state index contributed by atoms with van der Waals surface area (Å²) in [6.07, 6.45) is 1.88. The highest BCUT2D eigenvalue weighted by molar-refractivity contribution is 5.57. The third-order valence-corrected chi connectivity index (χ3v) is 3.95. The Balaban J connectivity index is 1.84. The lowest BCUT2D eigenvalue weighted by Crippen LogP contribution is -2.08. The van der Waals surface area contributed by atoms with Crippen LogP contribution in [0.25, 0.3) is 0 Å². The second kappa shape index (κ2) is 5.09. The van der Waals surface area contributed by atoms with Crippen LogP contribution in [0, 0.1) is 17.0 Å². The van der Waals surface area contributed by atoms with Crippen LogP contribution in [0.2, 0.25) is 0 Å². The SMILES string of the molecule is Cc1cc([N+](=O)[O-])ccc1NC1CCc2cc(O)ccc21. The van der Waals surface area contributed by atoms with Crippen LogP contribution in [-0.2, 0) is 6.42 Å². The molecule has 108 valence electrons. The van der Waals surface area contributed by atoms with Gasteiger partial charge in [0.25, 0.3) is 5.69 Å². The van der Waals surface area contributed by atoms with E-state index in [9.17, 15) is 15.2 Å². The summed E-state index contributed by atoms with van der Waals surface area (Å²) in [7, 11) is 0. The van der Waals surface area contributed by atoms with Crippen molar-refractivity contribution in [2.24, 2.45) is 0 Å². The van der Waals surface area contributed by atoms with E-state index in [1.165, 1.54) is 11.6 Å². The Hall–Kier alpha value is -2.56. The van der Waals surface area contributed by atoms with Crippen molar-refractivity contribution in [3.63, 3.8) is 0 Å². The number of hydrogen-bond acceptors (Lipinski definition) is 4. The van der Waals surface area contributed by atoms with E-state index in [4.69, 9.17) is 0 Å². The van der Waals surface area contributed by atoms with E-state index in [0.717, 1.165) is 29.7 Å². The molecule has 0 radical (unpaired) electrons. The van der Waals surface area contributed by atoms with Crippen molar-refractivity contribution in [2.45, 2.75) is 25.8 Å². The summed E-state index contributed by atoms with van der Waals surface area (Å²) < 4.78 is 0. The van der Waals surface area contributed by atoms with Gasteiger partial charge in [-0.1, -0.05) is 6.07 Å². The van der Waals surface area contributed by atoms with Crippen molar-refractivity contribution in [1.82, 2.24) is 0 Å². The topological polar surface area (TPSA) is 75.4 Å². The van der Waals surface area contributed by atoms with Gasteiger partial charge in [-0.15, -0.1) is 0 Å². The van der Waals surface area contributed by atoms with Crippen LogP contribution in [0.4, 0.5) is 11.4 Å². The van der Waals surface area contributed by atoms with E-state index in [2.05, 4.69) is 5.32 Å². The Kier molecular flexibility index (Phi) is 3.25. The first-order chi connectivity index (χ1) is 10.0. The predicted octanol–water partition coefficient (Wildman–Crippen LogP) is 3.71. The van der Waals surface area contributed by atoms with Crippen LogP contribution < -0.4 is 5.32 Å². The molecule has 1 aliphatic rings. The van der Waals surface area contributed by atoms with Gasteiger partial charge in [0.1, 0.15) is 5.75 Å². The zero-order valence-corrected chi connectivity index (χ0v) is 11.7. The number of nitro groups is 1. The molecule has 0 saturated carbocycles. The van der Waals surface area contributed by atoms with Crippen molar-refractivity contribution in [3.8, 4) is 5.75 Å². The van der Waals surface area contributed by atoms with Crippen LogP contribution in [0.5, 0.6) is 5.75 Å². The molecule has 0 amide bonds. The third-order valence-electron chi connectivity index (χ3n) is 3.95. The van der Waals surface area contributed by atoms with Gasteiger partial charge in [-0.3, -0.25) is 10.1 Å². The zero-order valence-electron chi connectivity index (χ0n) is 11.7. The number of non-ortho nitro benzene ring substituents is 1. The average Bonchev–Trinajstić information content (AvgIpc) is 2.83. The van der Waals surface area contributed by atoms with Gasteiger partial charge in [0.05, 0.1) is 11.0 Å². The molecular weight excluding hydrogens is 268 g/mol. The highest BCUT2D eigenvalue weighted by atomic mass is 16.6. The van der Waals surface area contributed by atoms with Crippen molar-refractivity contribution in [2.75, 3.05) is 5.32 Å². The molecule has 2 aromatic carbocycles. The molecule has 1 aliphatic carbocycles. The first-order valence-corrected chi connectivity index (χ1v) is 6.88. The maximum Gasteiger partial charge on any atom is 0.269 e. The molecule has 0 saturated heterocycles. The molecule has 2 aromatic rings. The number of hydrogen-bond donors (Lipinski definition) is 2. The minimum absolute atomic E-state index is 0.106. The van der Waals surface area contributed by atoms with Crippen LogP contribution in [0.1, 0.15) is 29.2 Å². The minimum Gasteiger partial charge on any atom is -0.508 e. The van der Waals surface area contributed by atoms with Gasteiger partial charge >= 0.3 is 0 Å². The molecule has 0 heterocycles. The molecule has 5 nitrogen and oxygen atoms in total. The predicted molar refractivity (Wildman–Crippen MR) is 80.6 cm³/mol. The first-order valence-electron chi connectivity index (χ1n) is 6.88. The number of nitrogens with zero attached hydrogens (tertiary/aromatic N) is 1. The fourth-order valence-electron chi connectivity index (χ4n) is 2.86. The quantitative estimate of drug-likeness (QED) is 0.665. The van der Waals surface area contributed by atoms with Gasteiger partial charge < -0.3 is 10.4 Å². The van der Waals surface area contributed by atoms with Crippen molar-refractivity contribution in [3.05, 3.63) is 63.2 Å². The summed E-state index contributed by atoms with van der Waals surface area (Å²) in [6, 6.07) is 10.5. The summed E-state index contributed by atoms with van der Waals surface area (Å²) in [5.74, 6) is 0.293. The first kappa shape index (κ1) is 13.4. The molecule has 0 fully saturated rings. The molecule has 5 heteroatoms. The van der Waals surface area contributed by atoms with E-state index in [-0.39, 0.29) is 16.7 Å². The summed E-state index contributed by atoms with van der Waals surface area (Å²) in [5, 5.41) is 23.7. The van der Waals surface area contributed by atoms with Crippen molar-refractivity contribution >= 4 is 11.4 Å². The lowest BCUT2D eigenvalue weighted by molar-refractivity contribution is -0.384. The number of phenols is 1. The zero-order chi connectivity index (χ0) is 15.0. The molecule has 1 atom stereocenters. The minimum atomic E-state index is -0.384. The van der Waals surface area contributed by atoms with E-state index in [1.54, 1.807) is 24.3 Å². The normalized spacial score (nSPS) is 16.5. The van der Waals surface area contributed by atoms with Crippen LogP contribution in [-0.4, -0.2) is 10.0 Å². The van der Waals surface area contributed by atoms with Crippen molar-refractivity contribution in [1.29, 1.82) is 0 Å². The molecule has 21 heavy (non-hydrogen) atoms. The molecule has 0 aliphatic heterocycles. The van der Waals surface area contributed by atoms with Crippen LogP contribution in [0.3, 0.4) is 0 Å². The molecule has 3 rings (SSSR count). The summed E-state index contributed by atoms with van der Waals surface area (Å²) >= 11 is 0. The number of nitro benzene ring substituents is 1. The third kappa shape index (κ3) is 2.54. The average molecular weight is 284 g/mol. The molecule has 1 unspecified atom stereocenters. The van der Waals surface area contributed by atoms with Gasteiger partial charge in [0.15, 0.2) is 0 Å². The number of phenolic OH excluding ortho intramolecular Hbond substituents is 1. The number of benzene rings is 2. The molecular formula is C16H16N2O3. The van der Waals surface area contributed by atoms with Crippen molar-refractivity contribution < 1.29 is 10.0 Å². The Morgan fingerprint density at radius 3 is 2.81 bits per heavy atom. The van der Waals surface area contributed by atoms with E-state index < -0.39 is 0 Å². The highest BCUT2D eigenvalue weighted by Crippen LogP contribution is 2.36. The van der Waals surface area contributed by atoms with Gasteiger partial charge in [-0.25, -0.2) is 0 Å². The van der Waals surface area contributed by atoms with E-state index in [0.29, 0.717) is 5.75 Å². The maximum absolute atomic E-state index is 10.8. The van der Waals surface area contributed by atoms with Crippen LogP contribution >= 0.6 is 0 Å². The second-order valence-electron chi connectivity index (χ2n) is 5.38. The Bertz CT molecular complexity index is 713. The summed E-state index contributed by atoms with van der Waals surface area (Å²) in [5.41, 5.74) is 4.22. The summed E-state index contributed by atoms with van der Waals surface area (Å²) in [4.78, 5) is 10.4. The smallest absolute Gasteiger partial charge is 0.269 e. The molecule has 0 bridgehead atoms. The van der Waals surface area contributed by atoms with Gasteiger partial charge in [-0.2, -0.15) is 0 Å². The fourth-order valence-corrected chi connectivity index (χ4v) is 2.86. The van der Waals surface area contributed by atoms with E-state index >= 15 is 0 Å². The maximum atomic E-state index is 10.8. The Morgan fingerprint density at radius 1 is 1.29 bits per heavy atom. The van der Waals surface area contributed by atoms with Crippen LogP contribution in [0.15, 0.2) is 36.4 Å². The van der Waals surface area contributed by atoms with Gasteiger partial charge in [0, 0.05) is 17.8 Å². The second-order valence-corrected chi connectivity index (χ2v) is 5.38. The Morgan fingerprint density at radius 2 is 2.10 bits per heavy atom. The highest BCUT2D eigenvalue weighted by Gasteiger charge is 2.23. The molecule has 2 N–H and O–H groups in total. The number of nitrogens with one attached hydrogen (secondary N) is 1. The number of aryl methyl sites for hydroxylation is 2. The van der Waals surface area contributed by atoms with E-state index in [1.807, 2.05) is 13.0 Å².